The van der Waals surface area contributed by atoms with Crippen LogP contribution < -0.4 is 5.73 Å². The van der Waals surface area contributed by atoms with Crippen molar-refractivity contribution >= 4 is 11.0 Å². The van der Waals surface area contributed by atoms with Gasteiger partial charge in [0.2, 0.25) is 0 Å². The summed E-state index contributed by atoms with van der Waals surface area (Å²) < 4.78 is 5.47. The van der Waals surface area contributed by atoms with Crippen LogP contribution in [-0.4, -0.2) is 20.2 Å². The molecule has 0 bridgehead atoms. The smallest absolute Gasteiger partial charge is 0.176 e. The van der Waals surface area contributed by atoms with E-state index in [-0.39, 0.29) is 6.04 Å². The Morgan fingerprint density at radius 3 is 3.00 bits per heavy atom. The van der Waals surface area contributed by atoms with Gasteiger partial charge in [0.15, 0.2) is 5.82 Å². The van der Waals surface area contributed by atoms with Gasteiger partial charge in [-0.2, -0.15) is 4.80 Å². The van der Waals surface area contributed by atoms with Gasteiger partial charge >= 0.3 is 0 Å². The van der Waals surface area contributed by atoms with Crippen molar-refractivity contribution in [1.29, 1.82) is 0 Å². The second-order valence-electron chi connectivity index (χ2n) is 4.19. The van der Waals surface area contributed by atoms with Crippen molar-refractivity contribution in [3.63, 3.8) is 0 Å². The molecule has 1 aromatic carbocycles. The number of rotatable bonds is 3. The molecule has 0 spiro atoms. The number of aryl methyl sites for hydroxylation is 1. The molecule has 1 atom stereocenters. The standard InChI is InChI=1S/C12H13N5O/c1-17-15-12(14-16-17)6-10(13)9-7-18-11-5-3-2-4-8(9)11/h2-5,7,10H,6,13H2,1H3. The van der Waals surface area contributed by atoms with Gasteiger partial charge in [-0.3, -0.25) is 0 Å². The molecule has 6 heteroatoms. The number of benzene rings is 1. The van der Waals surface area contributed by atoms with Gasteiger partial charge in [0, 0.05) is 23.4 Å². The number of nitrogens with two attached hydrogens (primary N) is 1. The highest BCUT2D eigenvalue weighted by Gasteiger charge is 2.15. The molecule has 0 saturated carbocycles. The number of tetrazole rings is 1. The Labute approximate surface area is 103 Å². The van der Waals surface area contributed by atoms with Gasteiger partial charge in [-0.1, -0.05) is 18.2 Å². The summed E-state index contributed by atoms with van der Waals surface area (Å²) in [6, 6.07) is 7.63. The van der Waals surface area contributed by atoms with E-state index in [1.165, 1.54) is 4.80 Å². The molecule has 0 aliphatic carbocycles. The average molecular weight is 243 g/mol. The van der Waals surface area contributed by atoms with E-state index >= 15 is 0 Å². The maximum atomic E-state index is 6.17. The lowest BCUT2D eigenvalue weighted by molar-refractivity contribution is 0.594. The second-order valence-corrected chi connectivity index (χ2v) is 4.19. The maximum absolute atomic E-state index is 6.17. The lowest BCUT2D eigenvalue weighted by Gasteiger charge is -2.06. The van der Waals surface area contributed by atoms with Crippen molar-refractivity contribution in [3.8, 4) is 0 Å². The SMILES string of the molecule is Cn1nnc(CC(N)c2coc3ccccc23)n1. The maximum Gasteiger partial charge on any atom is 0.176 e. The molecular weight excluding hydrogens is 230 g/mol. The molecule has 2 heterocycles. The number of furan rings is 1. The first-order valence-corrected chi connectivity index (χ1v) is 5.68. The van der Waals surface area contributed by atoms with Crippen molar-refractivity contribution < 1.29 is 4.42 Å². The minimum absolute atomic E-state index is 0.196. The largest absolute Gasteiger partial charge is 0.464 e. The Hall–Kier alpha value is -2.21. The Morgan fingerprint density at radius 1 is 1.39 bits per heavy atom. The molecule has 0 saturated heterocycles. The lowest BCUT2D eigenvalue weighted by atomic mass is 10.0. The fourth-order valence-corrected chi connectivity index (χ4v) is 2.00. The molecule has 0 aliphatic heterocycles. The molecule has 3 rings (SSSR count). The number of nitrogens with zero attached hydrogens (tertiary/aromatic N) is 4. The quantitative estimate of drug-likeness (QED) is 0.747. The molecule has 3 aromatic rings. The third-order valence-corrected chi connectivity index (χ3v) is 2.86. The number of para-hydroxylation sites is 1. The summed E-state index contributed by atoms with van der Waals surface area (Å²) in [6.07, 6.45) is 2.24. The molecule has 1 unspecified atom stereocenters. The van der Waals surface area contributed by atoms with Crippen LogP contribution in [0.15, 0.2) is 34.9 Å². The van der Waals surface area contributed by atoms with Crippen LogP contribution in [0.2, 0.25) is 0 Å². The van der Waals surface area contributed by atoms with Gasteiger partial charge < -0.3 is 10.2 Å². The Kier molecular flexibility index (Phi) is 2.56. The van der Waals surface area contributed by atoms with Crippen LogP contribution in [-0.2, 0) is 13.5 Å². The molecule has 2 aromatic heterocycles. The fraction of sp³-hybridized carbons (Fsp3) is 0.250. The normalized spacial score (nSPS) is 13.0. The Balaban J connectivity index is 1.90. The van der Waals surface area contributed by atoms with E-state index in [4.69, 9.17) is 10.2 Å². The van der Waals surface area contributed by atoms with E-state index in [2.05, 4.69) is 15.4 Å². The summed E-state index contributed by atoms with van der Waals surface area (Å²) in [6.45, 7) is 0. The number of fused-ring (bicyclic) bond motifs is 1. The first-order chi connectivity index (χ1) is 8.74. The van der Waals surface area contributed by atoms with Gasteiger partial charge in [0.05, 0.1) is 13.3 Å². The van der Waals surface area contributed by atoms with Crippen molar-refractivity contribution in [2.24, 2.45) is 12.8 Å². The van der Waals surface area contributed by atoms with Gasteiger partial charge in [-0.15, -0.1) is 10.2 Å². The van der Waals surface area contributed by atoms with E-state index < -0.39 is 0 Å². The zero-order chi connectivity index (χ0) is 12.5. The Morgan fingerprint density at radius 2 is 2.22 bits per heavy atom. The molecule has 0 fully saturated rings. The number of hydrogen-bond acceptors (Lipinski definition) is 5. The summed E-state index contributed by atoms with van der Waals surface area (Å²) in [5.74, 6) is 0.635. The summed E-state index contributed by atoms with van der Waals surface area (Å²) in [7, 11) is 1.73. The van der Waals surface area contributed by atoms with E-state index in [0.29, 0.717) is 12.2 Å². The summed E-state index contributed by atoms with van der Waals surface area (Å²) in [4.78, 5) is 1.43. The van der Waals surface area contributed by atoms with Crippen molar-refractivity contribution in [2.75, 3.05) is 0 Å². The van der Waals surface area contributed by atoms with Gasteiger partial charge in [-0.25, -0.2) is 0 Å². The topological polar surface area (TPSA) is 82.8 Å². The van der Waals surface area contributed by atoms with E-state index in [1.807, 2.05) is 24.3 Å². The van der Waals surface area contributed by atoms with Crippen LogP contribution in [0.25, 0.3) is 11.0 Å². The van der Waals surface area contributed by atoms with Crippen LogP contribution in [0, 0.1) is 0 Å². The molecule has 6 nitrogen and oxygen atoms in total. The van der Waals surface area contributed by atoms with E-state index in [0.717, 1.165) is 16.5 Å². The fourth-order valence-electron chi connectivity index (χ4n) is 2.00. The highest BCUT2D eigenvalue weighted by atomic mass is 16.3. The predicted octanol–water partition coefficient (Wildman–Crippen LogP) is 1.20. The molecule has 18 heavy (non-hydrogen) atoms. The molecule has 92 valence electrons. The zero-order valence-corrected chi connectivity index (χ0v) is 9.95. The first kappa shape index (κ1) is 10.9. The highest BCUT2D eigenvalue weighted by molar-refractivity contribution is 5.81. The second kappa shape index (κ2) is 4.23. The highest BCUT2D eigenvalue weighted by Crippen LogP contribution is 2.26. The number of hydrogen-bond donors (Lipinski definition) is 1. The summed E-state index contributed by atoms with van der Waals surface area (Å²) in [5, 5.41) is 12.9. The van der Waals surface area contributed by atoms with E-state index in [1.54, 1.807) is 13.3 Å². The van der Waals surface area contributed by atoms with Crippen LogP contribution in [0.5, 0.6) is 0 Å². The molecule has 0 amide bonds. The predicted molar refractivity (Wildman–Crippen MR) is 65.6 cm³/mol. The van der Waals surface area contributed by atoms with Crippen LogP contribution in [0.4, 0.5) is 0 Å². The van der Waals surface area contributed by atoms with Crippen LogP contribution in [0.1, 0.15) is 17.4 Å². The molecule has 2 N–H and O–H groups in total. The first-order valence-electron chi connectivity index (χ1n) is 5.68. The summed E-state index contributed by atoms with van der Waals surface area (Å²) >= 11 is 0. The molecular formula is C12H13N5O. The van der Waals surface area contributed by atoms with Gasteiger partial charge in [0.1, 0.15) is 5.58 Å². The van der Waals surface area contributed by atoms with Crippen molar-refractivity contribution in [1.82, 2.24) is 20.2 Å². The van der Waals surface area contributed by atoms with Crippen LogP contribution in [0.3, 0.4) is 0 Å². The number of aromatic nitrogens is 4. The summed E-state index contributed by atoms with van der Waals surface area (Å²) in [5.41, 5.74) is 7.98. The van der Waals surface area contributed by atoms with E-state index in [9.17, 15) is 0 Å². The lowest BCUT2D eigenvalue weighted by Crippen LogP contribution is -2.14. The average Bonchev–Trinajstić information content (AvgIpc) is 2.95. The third kappa shape index (κ3) is 1.86. The zero-order valence-electron chi connectivity index (χ0n) is 9.95. The minimum Gasteiger partial charge on any atom is -0.464 e. The van der Waals surface area contributed by atoms with Crippen LogP contribution >= 0.6 is 0 Å². The third-order valence-electron chi connectivity index (χ3n) is 2.86. The molecule has 0 aliphatic rings. The molecule has 0 radical (unpaired) electrons. The Bertz CT molecular complexity index is 672. The van der Waals surface area contributed by atoms with Gasteiger partial charge in [0.25, 0.3) is 0 Å². The van der Waals surface area contributed by atoms with Gasteiger partial charge in [-0.05, 0) is 11.3 Å². The van der Waals surface area contributed by atoms with Crippen molar-refractivity contribution in [3.05, 3.63) is 41.9 Å². The minimum atomic E-state index is -0.196. The monoisotopic (exact) mass is 243 g/mol. The van der Waals surface area contributed by atoms with Crippen molar-refractivity contribution in [2.45, 2.75) is 12.5 Å².